The lowest BCUT2D eigenvalue weighted by atomic mass is 10.1. The van der Waals surface area contributed by atoms with Gasteiger partial charge in [0, 0.05) is 11.1 Å². The minimum absolute atomic E-state index is 0. The maximum absolute atomic E-state index is 9.78. The monoisotopic (exact) mass is 305 g/mol. The number of hydrogen-bond donors (Lipinski definition) is 1. The summed E-state index contributed by atoms with van der Waals surface area (Å²) in [4.78, 5) is 5.85. The van der Waals surface area contributed by atoms with E-state index in [1.54, 1.807) is 0 Å². The molecule has 0 aliphatic carbocycles. The molecule has 21 heavy (non-hydrogen) atoms. The highest BCUT2D eigenvalue weighted by Crippen LogP contribution is 2.28. The Hall–Kier alpha value is -1.39. The summed E-state index contributed by atoms with van der Waals surface area (Å²) < 4.78 is 0.467. The first-order valence-electron chi connectivity index (χ1n) is 7.06. The Balaban J connectivity index is 0.00000161. The predicted molar refractivity (Wildman–Crippen MR) is 77.1 cm³/mol. The van der Waals surface area contributed by atoms with Crippen LogP contribution in [0.5, 0.6) is 0 Å². The lowest BCUT2D eigenvalue weighted by molar-refractivity contribution is -1.12. The van der Waals surface area contributed by atoms with Crippen molar-refractivity contribution in [3.05, 3.63) is 71.8 Å². The predicted octanol–water partition coefficient (Wildman–Crippen LogP) is -0.139. The van der Waals surface area contributed by atoms with E-state index in [1.165, 1.54) is 11.1 Å². The first-order chi connectivity index (χ1) is 9.76. The molecule has 0 aromatic heterocycles. The SMILES string of the molecule is OC1CC[N+](Cc2ccccc2)(Cc2ccccc2)O1.[Cl-]. The molecule has 0 saturated carbocycles. The van der Waals surface area contributed by atoms with Gasteiger partial charge in [0.2, 0.25) is 6.29 Å². The number of benzene rings is 2. The summed E-state index contributed by atoms with van der Waals surface area (Å²) in [5.41, 5.74) is 2.47. The molecule has 2 aromatic carbocycles. The van der Waals surface area contributed by atoms with E-state index in [2.05, 4.69) is 24.3 Å². The van der Waals surface area contributed by atoms with E-state index in [0.717, 1.165) is 19.6 Å². The fraction of sp³-hybridized carbons (Fsp3) is 0.294. The molecule has 1 saturated heterocycles. The van der Waals surface area contributed by atoms with Crippen LogP contribution in [0.2, 0.25) is 0 Å². The van der Waals surface area contributed by atoms with Crippen molar-refractivity contribution < 1.29 is 27.0 Å². The lowest BCUT2D eigenvalue weighted by Gasteiger charge is -2.30. The minimum Gasteiger partial charge on any atom is -1.00 e. The molecule has 1 aliphatic rings. The molecule has 0 bridgehead atoms. The zero-order valence-corrected chi connectivity index (χ0v) is 12.6. The summed E-state index contributed by atoms with van der Waals surface area (Å²) in [6, 6.07) is 20.6. The molecule has 0 spiro atoms. The maximum atomic E-state index is 9.78. The molecule has 1 atom stereocenters. The van der Waals surface area contributed by atoms with Gasteiger partial charge in [-0.3, -0.25) is 0 Å². The topological polar surface area (TPSA) is 29.5 Å². The van der Waals surface area contributed by atoms with Crippen molar-refractivity contribution in [2.45, 2.75) is 25.8 Å². The van der Waals surface area contributed by atoms with Crippen molar-refractivity contribution in [1.82, 2.24) is 0 Å². The van der Waals surface area contributed by atoms with Crippen molar-refractivity contribution in [2.24, 2.45) is 0 Å². The van der Waals surface area contributed by atoms with Crippen LogP contribution in [-0.4, -0.2) is 22.6 Å². The van der Waals surface area contributed by atoms with Gasteiger partial charge in [-0.1, -0.05) is 60.7 Å². The highest BCUT2D eigenvalue weighted by atomic mass is 35.5. The highest BCUT2D eigenvalue weighted by molar-refractivity contribution is 5.15. The zero-order chi connectivity index (χ0) is 13.8. The average molecular weight is 306 g/mol. The summed E-state index contributed by atoms with van der Waals surface area (Å²) in [6.45, 7) is 2.41. The standard InChI is InChI=1S/C17H20NO2.ClH/c19-17-11-12-18(20-17,13-15-7-3-1-4-8-15)14-16-9-5-2-6-10-16;/h1-10,17,19H,11-14H2;1H/q+1;/p-1. The van der Waals surface area contributed by atoms with Crippen molar-refractivity contribution in [2.75, 3.05) is 6.54 Å². The number of quaternary nitrogens is 1. The molecule has 1 heterocycles. The van der Waals surface area contributed by atoms with Gasteiger partial charge in [-0.25, -0.2) is 0 Å². The Labute approximate surface area is 131 Å². The van der Waals surface area contributed by atoms with Crippen LogP contribution in [0.3, 0.4) is 0 Å². The third-order valence-electron chi connectivity index (χ3n) is 3.76. The van der Waals surface area contributed by atoms with E-state index < -0.39 is 6.29 Å². The second-order valence-electron chi connectivity index (χ2n) is 5.42. The molecule has 2 aromatic rings. The van der Waals surface area contributed by atoms with Crippen LogP contribution in [0.25, 0.3) is 0 Å². The van der Waals surface area contributed by atoms with Crippen molar-refractivity contribution >= 4 is 0 Å². The summed E-state index contributed by atoms with van der Waals surface area (Å²) in [7, 11) is 0. The summed E-state index contributed by atoms with van der Waals surface area (Å²) >= 11 is 0. The van der Waals surface area contributed by atoms with Gasteiger partial charge in [0.05, 0.1) is 6.42 Å². The number of rotatable bonds is 4. The van der Waals surface area contributed by atoms with Crippen LogP contribution in [0, 0.1) is 0 Å². The molecule has 112 valence electrons. The second-order valence-corrected chi connectivity index (χ2v) is 5.42. The van der Waals surface area contributed by atoms with Crippen molar-refractivity contribution in [1.29, 1.82) is 0 Å². The number of hydroxylamine groups is 3. The Morgan fingerprint density at radius 2 is 1.38 bits per heavy atom. The Kier molecular flexibility index (Phi) is 5.37. The molecule has 0 amide bonds. The summed E-state index contributed by atoms with van der Waals surface area (Å²) in [6.07, 6.45) is 0.0436. The third-order valence-corrected chi connectivity index (χ3v) is 3.76. The Bertz CT molecular complexity index is 506. The van der Waals surface area contributed by atoms with Crippen LogP contribution >= 0.6 is 0 Å². The van der Waals surface area contributed by atoms with E-state index in [1.807, 2.05) is 36.4 Å². The van der Waals surface area contributed by atoms with Gasteiger partial charge in [0.15, 0.2) is 0 Å². The van der Waals surface area contributed by atoms with Gasteiger partial charge in [-0.15, -0.1) is 0 Å². The fourth-order valence-electron chi connectivity index (χ4n) is 2.83. The quantitative estimate of drug-likeness (QED) is 0.797. The van der Waals surface area contributed by atoms with Crippen LogP contribution in [-0.2, 0) is 17.9 Å². The number of aliphatic hydroxyl groups excluding tert-OH is 1. The highest BCUT2D eigenvalue weighted by Gasteiger charge is 2.40. The molecule has 4 heteroatoms. The largest absolute Gasteiger partial charge is 1.00 e. The van der Waals surface area contributed by atoms with E-state index in [4.69, 9.17) is 4.84 Å². The molecule has 1 fully saturated rings. The fourth-order valence-corrected chi connectivity index (χ4v) is 2.83. The molecular weight excluding hydrogens is 286 g/mol. The molecule has 1 aliphatic heterocycles. The summed E-state index contributed by atoms with van der Waals surface area (Å²) in [5.74, 6) is 0. The zero-order valence-electron chi connectivity index (χ0n) is 11.9. The molecule has 1 unspecified atom stereocenters. The second kappa shape index (κ2) is 7.05. The Morgan fingerprint density at radius 1 is 0.905 bits per heavy atom. The first kappa shape index (κ1) is 16.0. The first-order valence-corrected chi connectivity index (χ1v) is 7.06. The van der Waals surface area contributed by atoms with Crippen LogP contribution in [0.15, 0.2) is 60.7 Å². The van der Waals surface area contributed by atoms with Gasteiger partial charge in [-0.2, -0.15) is 9.48 Å². The van der Waals surface area contributed by atoms with Crippen LogP contribution in [0.1, 0.15) is 17.5 Å². The van der Waals surface area contributed by atoms with Gasteiger partial charge in [0.1, 0.15) is 19.6 Å². The van der Waals surface area contributed by atoms with Crippen molar-refractivity contribution in [3.63, 3.8) is 0 Å². The van der Waals surface area contributed by atoms with Gasteiger partial charge in [-0.05, 0) is 0 Å². The molecule has 1 N–H and O–H groups in total. The minimum atomic E-state index is -0.651. The molecular formula is C17H20ClNO2. The van der Waals surface area contributed by atoms with E-state index in [9.17, 15) is 5.11 Å². The van der Waals surface area contributed by atoms with Gasteiger partial charge >= 0.3 is 0 Å². The van der Waals surface area contributed by atoms with Gasteiger partial charge in [0.25, 0.3) is 0 Å². The van der Waals surface area contributed by atoms with E-state index in [-0.39, 0.29) is 12.4 Å². The van der Waals surface area contributed by atoms with E-state index >= 15 is 0 Å². The number of hydrogen-bond acceptors (Lipinski definition) is 2. The van der Waals surface area contributed by atoms with Gasteiger partial charge < -0.3 is 17.5 Å². The lowest BCUT2D eigenvalue weighted by Crippen LogP contribution is -3.00. The van der Waals surface area contributed by atoms with E-state index in [0.29, 0.717) is 11.1 Å². The average Bonchev–Trinajstić information content (AvgIpc) is 2.82. The normalized spacial score (nSPS) is 20.0. The van der Waals surface area contributed by atoms with Crippen molar-refractivity contribution in [3.8, 4) is 0 Å². The maximum Gasteiger partial charge on any atom is 0.218 e. The summed E-state index contributed by atoms with van der Waals surface area (Å²) in [5, 5.41) is 9.78. The Morgan fingerprint density at radius 3 is 1.76 bits per heavy atom. The third kappa shape index (κ3) is 4.05. The van der Waals surface area contributed by atoms with Crippen LogP contribution in [0.4, 0.5) is 0 Å². The molecule has 3 nitrogen and oxygen atoms in total. The smallest absolute Gasteiger partial charge is 0.218 e. The number of halogens is 1. The number of nitrogens with zero attached hydrogens (tertiary/aromatic N) is 1. The molecule has 3 rings (SSSR count). The van der Waals surface area contributed by atoms with Crippen LogP contribution < -0.4 is 12.4 Å². The number of aliphatic hydroxyl groups is 1. The molecule has 0 radical (unpaired) electrons.